The summed E-state index contributed by atoms with van der Waals surface area (Å²) in [6.07, 6.45) is 7.43. The molecule has 0 saturated carbocycles. The predicted octanol–water partition coefficient (Wildman–Crippen LogP) is 1.84. The standard InChI is InChI=1S/C10H18O2/c1-4-6-8-11-9-10(3)12-7-5-2/h2,10H,4,6-9H2,1,3H3. The maximum atomic E-state index is 5.34. The molecule has 0 radical (unpaired) electrons. The highest BCUT2D eigenvalue weighted by Gasteiger charge is 1.99. The second-order valence-electron chi connectivity index (χ2n) is 2.75. The van der Waals surface area contributed by atoms with Gasteiger partial charge in [-0.3, -0.25) is 0 Å². The van der Waals surface area contributed by atoms with E-state index in [1.807, 2.05) is 6.92 Å². The molecule has 0 aliphatic carbocycles. The van der Waals surface area contributed by atoms with Crippen LogP contribution in [0.2, 0.25) is 0 Å². The summed E-state index contributed by atoms with van der Waals surface area (Å²) in [6.45, 7) is 5.94. The average molecular weight is 170 g/mol. The number of rotatable bonds is 7. The van der Waals surface area contributed by atoms with Gasteiger partial charge >= 0.3 is 0 Å². The molecule has 1 atom stereocenters. The third-order valence-corrected chi connectivity index (χ3v) is 1.45. The molecule has 12 heavy (non-hydrogen) atoms. The van der Waals surface area contributed by atoms with Crippen LogP contribution in [0, 0.1) is 12.3 Å². The van der Waals surface area contributed by atoms with Crippen molar-refractivity contribution < 1.29 is 9.47 Å². The third kappa shape index (κ3) is 7.59. The zero-order valence-corrected chi connectivity index (χ0v) is 8.01. The van der Waals surface area contributed by atoms with Gasteiger partial charge in [0.05, 0.1) is 12.7 Å². The van der Waals surface area contributed by atoms with E-state index < -0.39 is 0 Å². The lowest BCUT2D eigenvalue weighted by atomic mass is 10.3. The van der Waals surface area contributed by atoms with Crippen LogP contribution in [-0.2, 0) is 9.47 Å². The summed E-state index contributed by atoms with van der Waals surface area (Å²) in [5.74, 6) is 2.42. The van der Waals surface area contributed by atoms with Gasteiger partial charge in [-0.25, -0.2) is 0 Å². The fourth-order valence-corrected chi connectivity index (χ4v) is 0.734. The van der Waals surface area contributed by atoms with Crippen molar-refractivity contribution in [2.24, 2.45) is 0 Å². The molecule has 2 nitrogen and oxygen atoms in total. The van der Waals surface area contributed by atoms with Crippen molar-refractivity contribution in [3.8, 4) is 12.3 Å². The summed E-state index contributed by atoms with van der Waals surface area (Å²) in [7, 11) is 0. The van der Waals surface area contributed by atoms with Crippen molar-refractivity contribution in [2.45, 2.75) is 32.8 Å². The van der Waals surface area contributed by atoms with Crippen LogP contribution in [0.4, 0.5) is 0 Å². The second kappa shape index (κ2) is 8.58. The number of hydrogen-bond acceptors (Lipinski definition) is 2. The molecule has 70 valence electrons. The summed E-state index contributed by atoms with van der Waals surface area (Å²) in [6, 6.07) is 0. The fourth-order valence-electron chi connectivity index (χ4n) is 0.734. The van der Waals surface area contributed by atoms with Crippen LogP contribution in [0.25, 0.3) is 0 Å². The van der Waals surface area contributed by atoms with Crippen molar-refractivity contribution in [2.75, 3.05) is 19.8 Å². The molecule has 2 heteroatoms. The summed E-state index contributed by atoms with van der Waals surface area (Å²) < 4.78 is 10.5. The van der Waals surface area contributed by atoms with Gasteiger partial charge < -0.3 is 9.47 Å². The molecule has 1 unspecified atom stereocenters. The summed E-state index contributed by atoms with van der Waals surface area (Å²) in [5.41, 5.74) is 0. The van der Waals surface area contributed by atoms with E-state index >= 15 is 0 Å². The number of terminal acetylenes is 1. The Hall–Kier alpha value is -0.520. The number of hydrogen-bond donors (Lipinski definition) is 0. The SMILES string of the molecule is C#CCOC(C)COCCCC. The van der Waals surface area contributed by atoms with E-state index in [1.54, 1.807) is 0 Å². The molecule has 0 saturated heterocycles. The van der Waals surface area contributed by atoms with Crippen LogP contribution in [0.5, 0.6) is 0 Å². The number of ether oxygens (including phenoxy) is 2. The van der Waals surface area contributed by atoms with Crippen LogP contribution in [0.15, 0.2) is 0 Å². The lowest BCUT2D eigenvalue weighted by Gasteiger charge is -2.10. The van der Waals surface area contributed by atoms with Gasteiger partial charge in [0.15, 0.2) is 0 Å². The molecule has 0 rings (SSSR count). The normalized spacial score (nSPS) is 12.4. The Kier molecular flexibility index (Phi) is 8.20. The Morgan fingerprint density at radius 2 is 2.25 bits per heavy atom. The zero-order chi connectivity index (χ0) is 9.23. The van der Waals surface area contributed by atoms with Crippen LogP contribution in [-0.4, -0.2) is 25.9 Å². The molecule has 0 aliphatic heterocycles. The number of unbranched alkanes of at least 4 members (excludes halogenated alkanes) is 1. The molecular formula is C10H18O2. The Morgan fingerprint density at radius 3 is 2.83 bits per heavy atom. The minimum Gasteiger partial charge on any atom is -0.379 e. The van der Waals surface area contributed by atoms with E-state index in [1.165, 1.54) is 6.42 Å². The van der Waals surface area contributed by atoms with Gasteiger partial charge in [0.1, 0.15) is 6.61 Å². The maximum Gasteiger partial charge on any atom is 0.107 e. The largest absolute Gasteiger partial charge is 0.379 e. The molecule has 0 bridgehead atoms. The fraction of sp³-hybridized carbons (Fsp3) is 0.800. The molecule has 0 aliphatic rings. The van der Waals surface area contributed by atoms with Gasteiger partial charge in [0.25, 0.3) is 0 Å². The maximum absolute atomic E-state index is 5.34. The van der Waals surface area contributed by atoms with Crippen LogP contribution in [0.3, 0.4) is 0 Å². The minimum absolute atomic E-state index is 0.109. The Morgan fingerprint density at radius 1 is 1.50 bits per heavy atom. The Balaban J connectivity index is 3.09. The average Bonchev–Trinajstić information content (AvgIpc) is 2.09. The highest BCUT2D eigenvalue weighted by molar-refractivity contribution is 4.83. The van der Waals surface area contributed by atoms with Gasteiger partial charge in [-0.2, -0.15) is 0 Å². The Labute approximate surface area is 75.3 Å². The zero-order valence-electron chi connectivity index (χ0n) is 8.01. The molecule has 0 aromatic heterocycles. The van der Waals surface area contributed by atoms with E-state index in [0.717, 1.165) is 13.0 Å². The topological polar surface area (TPSA) is 18.5 Å². The van der Waals surface area contributed by atoms with Crippen molar-refractivity contribution in [3.63, 3.8) is 0 Å². The van der Waals surface area contributed by atoms with Gasteiger partial charge in [0, 0.05) is 6.61 Å². The van der Waals surface area contributed by atoms with E-state index in [4.69, 9.17) is 15.9 Å². The van der Waals surface area contributed by atoms with Crippen molar-refractivity contribution >= 4 is 0 Å². The third-order valence-electron chi connectivity index (χ3n) is 1.45. The summed E-state index contributed by atoms with van der Waals surface area (Å²) in [5, 5.41) is 0. The first-order chi connectivity index (χ1) is 5.81. The minimum atomic E-state index is 0.109. The van der Waals surface area contributed by atoms with Crippen LogP contribution >= 0.6 is 0 Å². The van der Waals surface area contributed by atoms with Crippen molar-refractivity contribution in [1.82, 2.24) is 0 Å². The van der Waals surface area contributed by atoms with Gasteiger partial charge in [-0.15, -0.1) is 6.42 Å². The van der Waals surface area contributed by atoms with E-state index in [-0.39, 0.29) is 6.10 Å². The summed E-state index contributed by atoms with van der Waals surface area (Å²) >= 11 is 0. The van der Waals surface area contributed by atoms with Gasteiger partial charge in [-0.1, -0.05) is 19.3 Å². The molecule has 0 fully saturated rings. The monoisotopic (exact) mass is 170 g/mol. The summed E-state index contributed by atoms with van der Waals surface area (Å²) in [4.78, 5) is 0. The lowest BCUT2D eigenvalue weighted by Crippen LogP contribution is -2.16. The highest BCUT2D eigenvalue weighted by atomic mass is 16.5. The Bertz CT molecular complexity index is 126. The quantitative estimate of drug-likeness (QED) is 0.429. The van der Waals surface area contributed by atoms with Gasteiger partial charge in [-0.05, 0) is 13.3 Å². The smallest absolute Gasteiger partial charge is 0.107 e. The van der Waals surface area contributed by atoms with E-state index in [2.05, 4.69) is 12.8 Å². The van der Waals surface area contributed by atoms with E-state index in [9.17, 15) is 0 Å². The van der Waals surface area contributed by atoms with Gasteiger partial charge in [0.2, 0.25) is 0 Å². The lowest BCUT2D eigenvalue weighted by molar-refractivity contribution is 0.00569. The van der Waals surface area contributed by atoms with Crippen LogP contribution in [0.1, 0.15) is 26.7 Å². The van der Waals surface area contributed by atoms with Crippen molar-refractivity contribution in [1.29, 1.82) is 0 Å². The predicted molar refractivity (Wildman–Crippen MR) is 50.0 cm³/mol. The molecule has 0 heterocycles. The first-order valence-corrected chi connectivity index (χ1v) is 4.44. The molecule has 0 amide bonds. The first kappa shape index (κ1) is 11.5. The molecule has 0 spiro atoms. The molecule has 0 N–H and O–H groups in total. The second-order valence-corrected chi connectivity index (χ2v) is 2.75. The van der Waals surface area contributed by atoms with E-state index in [0.29, 0.717) is 13.2 Å². The molecular weight excluding hydrogens is 152 g/mol. The highest BCUT2D eigenvalue weighted by Crippen LogP contribution is 1.93. The van der Waals surface area contributed by atoms with Crippen molar-refractivity contribution in [3.05, 3.63) is 0 Å². The molecule has 0 aromatic carbocycles. The van der Waals surface area contributed by atoms with Crippen LogP contribution < -0.4 is 0 Å². The molecule has 0 aromatic rings. The first-order valence-electron chi connectivity index (χ1n) is 4.44.